The van der Waals surface area contributed by atoms with Crippen LogP contribution < -0.4 is 20.7 Å². The van der Waals surface area contributed by atoms with E-state index in [2.05, 4.69) is 146 Å². The Morgan fingerprint density at radius 3 is 1.11 bits per heavy atom. The third-order valence-corrected chi connectivity index (χ3v) is 19.2. The molecular weight excluding hydrogens is 1180 g/mol. The maximum atomic E-state index is 7.25. The van der Waals surface area contributed by atoms with Crippen LogP contribution in [0.1, 0.15) is 11.1 Å². The summed E-state index contributed by atoms with van der Waals surface area (Å²) >= 11 is 0. The summed E-state index contributed by atoms with van der Waals surface area (Å²) in [6.07, 6.45) is 24.6. The van der Waals surface area contributed by atoms with Gasteiger partial charge in [-0.05, 0) is 65.8 Å². The number of para-hydroxylation sites is 2. The standard InChI is InChI=1S/C24H16N4.2C16H13Si.2Au/c1-3-9-19(10-4-1)27-15-23(25-17-27)21-13-7-8-14-22(21)24-16-28(18-26-24)20-11-5-2-6-12-20;2*1-4-12-9-10-16-14(11-12)13-7-5-6-8-15(13)17(16,2)3;;/h1-16H;2*5-11H,2-3H3;;/q-2;2*-1;;. The summed E-state index contributed by atoms with van der Waals surface area (Å²) in [5.74, 6) is 4.96. The van der Waals surface area contributed by atoms with E-state index in [-0.39, 0.29) is 44.8 Å². The zero-order chi connectivity index (χ0) is 42.8. The van der Waals surface area contributed by atoms with Gasteiger partial charge < -0.3 is 31.9 Å². The van der Waals surface area contributed by atoms with E-state index < -0.39 is 16.1 Å². The predicted octanol–water partition coefficient (Wildman–Crippen LogP) is 9.84. The maximum absolute atomic E-state index is 7.25. The van der Waals surface area contributed by atoms with Crippen LogP contribution in [0.25, 0.3) is 56.1 Å². The van der Waals surface area contributed by atoms with E-state index in [4.69, 9.17) is 12.8 Å². The molecule has 2 aliphatic heterocycles. The number of fused-ring (bicyclic) bond motifs is 6. The molecule has 11 rings (SSSR count). The molecule has 64 heavy (non-hydrogen) atoms. The maximum Gasteiger partial charge on any atom is 0.113 e. The molecule has 0 fully saturated rings. The summed E-state index contributed by atoms with van der Waals surface area (Å²) in [7, 11) is -3.01. The Kier molecular flexibility index (Phi) is 13.9. The zero-order valence-electron chi connectivity index (χ0n) is 35.7. The van der Waals surface area contributed by atoms with Crippen LogP contribution >= 0.6 is 0 Å². The van der Waals surface area contributed by atoms with Crippen molar-refractivity contribution in [3.05, 3.63) is 219 Å². The third-order valence-electron chi connectivity index (χ3n) is 12.1. The number of aromatic nitrogens is 4. The summed E-state index contributed by atoms with van der Waals surface area (Å²) in [4.78, 5) is 9.01. The largest absolute Gasteiger partial charge is 0.433 e. The second kappa shape index (κ2) is 19.4. The molecule has 2 radical (unpaired) electrons. The SMILES string of the molecule is [Au].[Au].[C-]#Cc1ccc2c(c1)-c1ccccc1[Si]2(C)C.[C-]#Cc1ccc2c(c1)-c1ccccc1[Si]2(C)C.[c-]1nc(-c2ccccc2-c2cn(-c3ccccc3)[c-]n2)cn1-c1ccccc1. The zero-order valence-corrected chi connectivity index (χ0v) is 42.0. The van der Waals surface area contributed by atoms with Crippen molar-refractivity contribution in [3.63, 3.8) is 0 Å². The van der Waals surface area contributed by atoms with Crippen LogP contribution in [0.15, 0.2) is 182 Å². The van der Waals surface area contributed by atoms with Crippen molar-refractivity contribution in [1.82, 2.24) is 19.1 Å². The fourth-order valence-electron chi connectivity index (χ4n) is 8.80. The van der Waals surface area contributed by atoms with E-state index in [0.717, 1.165) is 45.0 Å². The minimum Gasteiger partial charge on any atom is -0.433 e. The van der Waals surface area contributed by atoms with Crippen LogP contribution in [-0.2, 0) is 44.8 Å². The summed E-state index contributed by atoms with van der Waals surface area (Å²) in [5, 5.41) is 5.99. The molecule has 9 aromatic rings. The van der Waals surface area contributed by atoms with Gasteiger partial charge in [0.05, 0.1) is 0 Å². The van der Waals surface area contributed by atoms with E-state index in [0.29, 0.717) is 0 Å². The molecule has 0 saturated carbocycles. The van der Waals surface area contributed by atoms with E-state index in [1.165, 1.54) is 43.0 Å². The Hall–Kier alpha value is -6.01. The number of imidazole rings is 2. The third kappa shape index (κ3) is 8.77. The monoisotopic (exact) mass is 1220 g/mol. The van der Waals surface area contributed by atoms with Crippen molar-refractivity contribution in [2.24, 2.45) is 0 Å². The van der Waals surface area contributed by atoms with Crippen LogP contribution in [0.4, 0.5) is 0 Å². The van der Waals surface area contributed by atoms with Crippen molar-refractivity contribution in [2.45, 2.75) is 26.2 Å². The Labute approximate surface area is 410 Å². The first-order valence-corrected chi connectivity index (χ1v) is 26.7. The first kappa shape index (κ1) is 46.0. The number of rotatable bonds is 4. The molecule has 0 bridgehead atoms. The molecule has 7 aromatic carbocycles. The van der Waals surface area contributed by atoms with Gasteiger partial charge in [0.15, 0.2) is 0 Å². The van der Waals surface area contributed by atoms with Crippen LogP contribution in [0, 0.1) is 37.3 Å². The Balaban J connectivity index is 0.000000149. The molecule has 0 saturated heterocycles. The Morgan fingerprint density at radius 1 is 0.406 bits per heavy atom. The van der Waals surface area contributed by atoms with Crippen molar-refractivity contribution in [3.8, 4) is 68.0 Å². The van der Waals surface area contributed by atoms with E-state index in [1.807, 2.05) is 106 Å². The average molecular weight is 1220 g/mol. The average Bonchev–Trinajstić information content (AvgIpc) is 4.12. The van der Waals surface area contributed by atoms with E-state index in [9.17, 15) is 0 Å². The van der Waals surface area contributed by atoms with Gasteiger partial charge in [-0.3, -0.25) is 11.8 Å². The van der Waals surface area contributed by atoms with Gasteiger partial charge in [0.25, 0.3) is 0 Å². The van der Waals surface area contributed by atoms with E-state index >= 15 is 0 Å². The smallest absolute Gasteiger partial charge is 0.113 e. The molecule has 0 unspecified atom stereocenters. The number of benzene rings is 7. The summed E-state index contributed by atoms with van der Waals surface area (Å²) in [5.41, 5.74) is 12.9. The predicted molar refractivity (Wildman–Crippen MR) is 259 cm³/mol. The first-order valence-electron chi connectivity index (χ1n) is 20.7. The van der Waals surface area contributed by atoms with Gasteiger partial charge in [0.2, 0.25) is 0 Å². The number of nitrogens with zero attached hydrogens (tertiary/aromatic N) is 4. The summed E-state index contributed by atoms with van der Waals surface area (Å²) < 4.78 is 3.81. The molecule has 0 atom stereocenters. The normalized spacial score (nSPS) is 12.7. The molecule has 8 heteroatoms. The van der Waals surface area contributed by atoms with Gasteiger partial charge in [-0.1, -0.05) is 195 Å². The van der Waals surface area contributed by atoms with Crippen LogP contribution in [0.5, 0.6) is 0 Å². The van der Waals surface area contributed by atoms with Crippen LogP contribution in [-0.4, -0.2) is 35.2 Å². The molecular formula is C56H42Au2N4Si2-4. The minimum absolute atomic E-state index is 0. The molecule has 0 spiro atoms. The molecule has 2 aliphatic rings. The second-order valence-corrected chi connectivity index (χ2v) is 25.2. The topological polar surface area (TPSA) is 35.6 Å². The molecule has 4 nitrogen and oxygen atoms in total. The molecule has 320 valence electrons. The molecule has 0 amide bonds. The van der Waals surface area contributed by atoms with Gasteiger partial charge in [-0.15, -0.1) is 35.4 Å². The van der Waals surface area contributed by atoms with Crippen molar-refractivity contribution in [1.29, 1.82) is 0 Å². The van der Waals surface area contributed by atoms with Gasteiger partial charge in [-0.2, -0.15) is 0 Å². The van der Waals surface area contributed by atoms with Gasteiger partial charge in [0.1, 0.15) is 16.1 Å². The van der Waals surface area contributed by atoms with Crippen LogP contribution in [0.3, 0.4) is 0 Å². The van der Waals surface area contributed by atoms with Crippen molar-refractivity contribution < 1.29 is 44.8 Å². The molecule has 0 N–H and O–H groups in total. The Bertz CT molecular complexity index is 2960. The number of hydrogen-bond acceptors (Lipinski definition) is 2. The fourth-order valence-corrected chi connectivity index (χ4v) is 15.0. The summed E-state index contributed by atoms with van der Waals surface area (Å²) in [6.45, 7) is 9.58. The fraction of sp³-hybridized carbons (Fsp3) is 0.0714. The first-order chi connectivity index (χ1) is 30.2. The number of hydrogen-bond donors (Lipinski definition) is 0. The van der Waals surface area contributed by atoms with Crippen molar-refractivity contribution >= 4 is 36.9 Å². The van der Waals surface area contributed by atoms with Gasteiger partial charge in [-0.25, -0.2) is 0 Å². The molecule has 4 heterocycles. The van der Waals surface area contributed by atoms with Crippen LogP contribution in [0.2, 0.25) is 26.2 Å². The van der Waals surface area contributed by atoms with Gasteiger partial charge >= 0.3 is 0 Å². The quantitative estimate of drug-likeness (QED) is 0.100. The minimum atomic E-state index is -1.51. The molecule has 2 aromatic heterocycles. The van der Waals surface area contributed by atoms with Crippen molar-refractivity contribution in [2.75, 3.05) is 0 Å². The molecule has 0 aliphatic carbocycles. The van der Waals surface area contributed by atoms with Gasteiger partial charge in [0, 0.05) is 57.4 Å². The summed E-state index contributed by atoms with van der Waals surface area (Å²) in [6, 6.07) is 58.2. The van der Waals surface area contributed by atoms with E-state index in [1.54, 1.807) is 0 Å². The Morgan fingerprint density at radius 2 is 0.734 bits per heavy atom. The second-order valence-electron chi connectivity index (χ2n) is 16.5.